The lowest BCUT2D eigenvalue weighted by Crippen LogP contribution is -2.12. The maximum atomic E-state index is 12.2. The highest BCUT2D eigenvalue weighted by Crippen LogP contribution is 2.28. The van der Waals surface area contributed by atoms with Gasteiger partial charge in [0, 0.05) is 5.56 Å². The average Bonchev–Trinajstić information content (AvgIpc) is 2.50. The summed E-state index contributed by atoms with van der Waals surface area (Å²) in [5, 5.41) is 3.17. The van der Waals surface area contributed by atoms with Crippen LogP contribution < -0.4 is 14.8 Å². The Morgan fingerprint density at radius 1 is 1.19 bits per heavy atom. The summed E-state index contributed by atoms with van der Waals surface area (Å²) in [5.74, 6) is 0.799. The second kappa shape index (κ2) is 6.45. The van der Waals surface area contributed by atoms with Crippen LogP contribution in [0.15, 0.2) is 30.5 Å². The van der Waals surface area contributed by atoms with Crippen molar-refractivity contribution in [1.82, 2.24) is 4.98 Å². The van der Waals surface area contributed by atoms with Gasteiger partial charge in [0.1, 0.15) is 5.15 Å². The highest BCUT2D eigenvalue weighted by Gasteiger charge is 2.11. The number of hydrogen-bond donors (Lipinski definition) is 1. The van der Waals surface area contributed by atoms with Crippen molar-refractivity contribution in [3.63, 3.8) is 0 Å². The molecule has 0 aliphatic carbocycles. The number of hydrogen-bond acceptors (Lipinski definition) is 4. The predicted octanol–water partition coefficient (Wildman–Crippen LogP) is 3.31. The van der Waals surface area contributed by atoms with E-state index in [4.69, 9.17) is 21.1 Å². The van der Waals surface area contributed by atoms with Gasteiger partial charge in [-0.3, -0.25) is 4.79 Å². The van der Waals surface area contributed by atoms with E-state index in [9.17, 15) is 4.79 Å². The van der Waals surface area contributed by atoms with Crippen molar-refractivity contribution in [2.75, 3.05) is 19.5 Å². The lowest BCUT2D eigenvalue weighted by Gasteiger charge is -2.10. The van der Waals surface area contributed by atoms with Gasteiger partial charge in [0.05, 0.1) is 26.1 Å². The minimum absolute atomic E-state index is 0.264. The van der Waals surface area contributed by atoms with Gasteiger partial charge in [-0.1, -0.05) is 11.6 Å². The number of rotatable bonds is 4. The molecule has 1 aromatic carbocycles. The molecule has 0 bridgehead atoms. The van der Waals surface area contributed by atoms with Gasteiger partial charge in [0.15, 0.2) is 11.5 Å². The average molecular weight is 307 g/mol. The van der Waals surface area contributed by atoms with Crippen LogP contribution in [-0.2, 0) is 0 Å². The molecule has 1 heterocycles. The fraction of sp³-hybridized carbons (Fsp3) is 0.200. The van der Waals surface area contributed by atoms with Gasteiger partial charge >= 0.3 is 0 Å². The van der Waals surface area contributed by atoms with Crippen LogP contribution in [0.5, 0.6) is 11.5 Å². The molecule has 2 rings (SSSR count). The van der Waals surface area contributed by atoms with E-state index in [1.54, 1.807) is 31.4 Å². The largest absolute Gasteiger partial charge is 0.493 e. The highest BCUT2D eigenvalue weighted by atomic mass is 35.5. The first kappa shape index (κ1) is 15.1. The number of nitrogens with zero attached hydrogens (tertiary/aromatic N) is 1. The van der Waals surface area contributed by atoms with Crippen molar-refractivity contribution in [3.05, 3.63) is 46.7 Å². The van der Waals surface area contributed by atoms with Gasteiger partial charge in [0.25, 0.3) is 5.91 Å². The van der Waals surface area contributed by atoms with Crippen molar-refractivity contribution < 1.29 is 14.3 Å². The van der Waals surface area contributed by atoms with E-state index in [1.165, 1.54) is 13.3 Å². The van der Waals surface area contributed by atoms with Crippen LogP contribution in [0.4, 0.5) is 5.69 Å². The third-order valence-corrected chi connectivity index (χ3v) is 3.31. The van der Waals surface area contributed by atoms with Crippen LogP contribution in [0, 0.1) is 6.92 Å². The van der Waals surface area contributed by atoms with E-state index in [1.807, 2.05) is 6.92 Å². The molecule has 0 spiro atoms. The number of aromatic nitrogens is 1. The number of benzene rings is 1. The number of amides is 1. The molecule has 0 atom stereocenters. The molecule has 0 radical (unpaired) electrons. The van der Waals surface area contributed by atoms with E-state index in [2.05, 4.69) is 10.3 Å². The van der Waals surface area contributed by atoms with E-state index in [0.29, 0.717) is 27.9 Å². The first-order valence-electron chi connectivity index (χ1n) is 6.20. The second-order valence-electron chi connectivity index (χ2n) is 4.36. The Hall–Kier alpha value is -2.27. The summed E-state index contributed by atoms with van der Waals surface area (Å²) in [6.07, 6.45) is 1.51. The van der Waals surface area contributed by atoms with Gasteiger partial charge < -0.3 is 14.8 Å². The van der Waals surface area contributed by atoms with E-state index in [0.717, 1.165) is 5.56 Å². The van der Waals surface area contributed by atoms with E-state index >= 15 is 0 Å². The SMILES string of the molecule is COc1ccc(C(=O)Nc2cnc(Cl)c(C)c2)cc1OC. The van der Waals surface area contributed by atoms with Crippen LogP contribution in [0.25, 0.3) is 0 Å². The number of carbonyl (C=O) groups is 1. The zero-order valence-electron chi connectivity index (χ0n) is 11.9. The molecule has 1 aromatic heterocycles. The van der Waals surface area contributed by atoms with Gasteiger partial charge in [-0.25, -0.2) is 4.98 Å². The molecule has 2 aromatic rings. The van der Waals surface area contributed by atoms with Crippen LogP contribution in [0.2, 0.25) is 5.15 Å². The van der Waals surface area contributed by atoms with Gasteiger partial charge in [0.2, 0.25) is 0 Å². The second-order valence-corrected chi connectivity index (χ2v) is 4.71. The van der Waals surface area contributed by atoms with Crippen molar-refractivity contribution in [2.45, 2.75) is 6.92 Å². The smallest absolute Gasteiger partial charge is 0.255 e. The molecule has 0 aliphatic heterocycles. The number of anilines is 1. The Morgan fingerprint density at radius 3 is 2.52 bits per heavy atom. The maximum absolute atomic E-state index is 12.2. The number of aryl methyl sites for hydroxylation is 1. The lowest BCUT2D eigenvalue weighted by molar-refractivity contribution is 0.102. The molecule has 21 heavy (non-hydrogen) atoms. The maximum Gasteiger partial charge on any atom is 0.255 e. The Bertz CT molecular complexity index is 674. The monoisotopic (exact) mass is 306 g/mol. The number of pyridine rings is 1. The third-order valence-electron chi connectivity index (χ3n) is 2.92. The standard InChI is InChI=1S/C15H15ClN2O3/c1-9-6-11(8-17-14(9)16)18-15(19)10-4-5-12(20-2)13(7-10)21-3/h4-8H,1-3H3,(H,18,19). The predicted molar refractivity (Wildman–Crippen MR) is 81.5 cm³/mol. The Balaban J connectivity index is 2.21. The summed E-state index contributed by atoms with van der Waals surface area (Å²) in [4.78, 5) is 16.2. The zero-order valence-corrected chi connectivity index (χ0v) is 12.7. The third kappa shape index (κ3) is 3.44. The summed E-state index contributed by atoms with van der Waals surface area (Å²) in [6, 6.07) is 6.71. The Labute approximate surface area is 127 Å². The number of ether oxygens (including phenoxy) is 2. The van der Waals surface area contributed by atoms with Crippen LogP contribution in [0.1, 0.15) is 15.9 Å². The van der Waals surface area contributed by atoms with E-state index in [-0.39, 0.29) is 5.91 Å². The minimum Gasteiger partial charge on any atom is -0.493 e. The molecule has 1 N–H and O–H groups in total. The van der Waals surface area contributed by atoms with Crippen molar-refractivity contribution >= 4 is 23.2 Å². The number of methoxy groups -OCH3 is 2. The molecule has 0 aliphatic rings. The van der Waals surface area contributed by atoms with Crippen LogP contribution in [-0.4, -0.2) is 25.1 Å². The molecule has 0 unspecified atom stereocenters. The number of halogens is 1. The molecule has 0 fully saturated rings. The molecule has 0 saturated carbocycles. The fourth-order valence-electron chi connectivity index (χ4n) is 1.81. The lowest BCUT2D eigenvalue weighted by atomic mass is 10.2. The summed E-state index contributed by atoms with van der Waals surface area (Å²) in [6.45, 7) is 1.82. The summed E-state index contributed by atoms with van der Waals surface area (Å²) < 4.78 is 10.3. The fourth-order valence-corrected chi connectivity index (χ4v) is 1.91. The first-order valence-corrected chi connectivity index (χ1v) is 6.58. The Morgan fingerprint density at radius 2 is 1.90 bits per heavy atom. The topological polar surface area (TPSA) is 60.5 Å². The normalized spacial score (nSPS) is 10.1. The van der Waals surface area contributed by atoms with E-state index < -0.39 is 0 Å². The quantitative estimate of drug-likeness (QED) is 0.880. The van der Waals surface area contributed by atoms with Crippen molar-refractivity contribution in [1.29, 1.82) is 0 Å². The molecule has 5 nitrogen and oxygen atoms in total. The van der Waals surface area contributed by atoms with Crippen LogP contribution in [0.3, 0.4) is 0 Å². The van der Waals surface area contributed by atoms with Crippen LogP contribution >= 0.6 is 11.6 Å². The highest BCUT2D eigenvalue weighted by molar-refractivity contribution is 6.30. The molecular formula is C15H15ClN2O3. The van der Waals surface area contributed by atoms with Crippen molar-refractivity contribution in [2.24, 2.45) is 0 Å². The summed E-state index contributed by atoms with van der Waals surface area (Å²) >= 11 is 5.85. The number of nitrogens with one attached hydrogen (secondary N) is 1. The molecule has 0 saturated heterocycles. The zero-order chi connectivity index (χ0) is 15.4. The number of carbonyl (C=O) groups excluding carboxylic acids is 1. The Kier molecular flexibility index (Phi) is 4.65. The minimum atomic E-state index is -0.264. The summed E-state index contributed by atoms with van der Waals surface area (Å²) in [5.41, 5.74) is 1.83. The first-order chi connectivity index (χ1) is 10.0. The van der Waals surface area contributed by atoms with Gasteiger partial charge in [-0.05, 0) is 36.8 Å². The van der Waals surface area contributed by atoms with Gasteiger partial charge in [-0.15, -0.1) is 0 Å². The molecule has 6 heteroatoms. The molecule has 110 valence electrons. The van der Waals surface area contributed by atoms with Crippen molar-refractivity contribution in [3.8, 4) is 11.5 Å². The summed E-state index contributed by atoms with van der Waals surface area (Å²) in [7, 11) is 3.06. The molecular weight excluding hydrogens is 292 g/mol. The molecule has 1 amide bonds. The van der Waals surface area contributed by atoms with Gasteiger partial charge in [-0.2, -0.15) is 0 Å².